The summed E-state index contributed by atoms with van der Waals surface area (Å²) in [5, 5.41) is 2.47. The van der Waals surface area contributed by atoms with Crippen LogP contribution in [-0.2, 0) is 9.53 Å². The Morgan fingerprint density at radius 2 is 2.00 bits per heavy atom. The van der Waals surface area contributed by atoms with Gasteiger partial charge in [0.05, 0.1) is 7.11 Å². The number of methoxy groups -OCH3 is 1. The molecule has 11 heteroatoms. The number of benzene rings is 1. The molecule has 32 heavy (non-hydrogen) atoms. The van der Waals surface area contributed by atoms with Crippen molar-refractivity contribution < 1.29 is 36.6 Å². The number of hydrogen-bond donors (Lipinski definition) is 2. The summed E-state index contributed by atoms with van der Waals surface area (Å²) >= 11 is 0. The van der Waals surface area contributed by atoms with Crippen molar-refractivity contribution in [2.45, 2.75) is 43.8 Å². The Morgan fingerprint density at radius 1 is 1.31 bits per heavy atom. The summed E-state index contributed by atoms with van der Waals surface area (Å²) in [6.07, 6.45) is -0.653. The topological polar surface area (TPSA) is 104 Å². The number of nitrogens with one attached hydrogen (secondary N) is 1. The number of alkyl halides is 2. The maximum Gasteiger partial charge on any atom is 0.273 e. The van der Waals surface area contributed by atoms with Gasteiger partial charge in [-0.2, -0.15) is 4.39 Å². The Bertz CT molecular complexity index is 1060. The normalized spacial score (nSPS) is 23.1. The molecule has 0 aliphatic carbocycles. The first kappa shape index (κ1) is 23.5. The molecule has 1 fully saturated rings. The third-order valence-electron chi connectivity index (χ3n) is 5.51. The molecule has 1 aromatic heterocycles. The zero-order chi connectivity index (χ0) is 23.8. The number of pyridine rings is 1. The summed E-state index contributed by atoms with van der Waals surface area (Å²) < 4.78 is 67.2. The Hall–Kier alpha value is -3.21. The van der Waals surface area contributed by atoms with Gasteiger partial charge in [0, 0.05) is 30.3 Å². The molecule has 7 nitrogen and oxygen atoms in total. The van der Waals surface area contributed by atoms with Crippen LogP contribution in [0.4, 0.5) is 23.2 Å². The van der Waals surface area contributed by atoms with E-state index in [-0.39, 0.29) is 23.4 Å². The maximum absolute atomic E-state index is 14.4. The van der Waals surface area contributed by atoms with E-state index in [0.29, 0.717) is 6.92 Å². The minimum atomic E-state index is -3.36. The largest absolute Gasteiger partial charge is 0.493 e. The summed E-state index contributed by atoms with van der Waals surface area (Å²) in [7, 11) is 1.10. The first-order valence-electron chi connectivity index (χ1n) is 9.52. The predicted molar refractivity (Wildman–Crippen MR) is 106 cm³/mol. The lowest BCUT2D eigenvalue weighted by atomic mass is 9.84. The summed E-state index contributed by atoms with van der Waals surface area (Å²) in [6, 6.07) is 4.56. The van der Waals surface area contributed by atoms with Crippen LogP contribution in [0.15, 0.2) is 30.5 Å². The van der Waals surface area contributed by atoms with Gasteiger partial charge < -0.3 is 20.5 Å². The van der Waals surface area contributed by atoms with Crippen molar-refractivity contribution in [1.29, 1.82) is 0 Å². The van der Waals surface area contributed by atoms with Crippen molar-refractivity contribution in [2.24, 2.45) is 5.73 Å². The average Bonchev–Trinajstić information content (AvgIpc) is 3.09. The zero-order valence-corrected chi connectivity index (χ0v) is 17.4. The SMILES string of the molecule is COc1c([C@H]2C[C@](C)(C(C)(F)F)O[C@H]2C(=O)Nc2ccnc(C(N)=O)c2)ccc(F)c1F. The molecule has 0 unspecified atom stereocenters. The molecule has 1 saturated heterocycles. The van der Waals surface area contributed by atoms with Crippen molar-refractivity contribution in [3.05, 3.63) is 53.4 Å². The quantitative estimate of drug-likeness (QED) is 0.650. The number of anilines is 1. The highest BCUT2D eigenvalue weighted by atomic mass is 19.3. The molecule has 3 N–H and O–H groups in total. The van der Waals surface area contributed by atoms with Crippen LogP contribution in [0.5, 0.6) is 5.75 Å². The standard InChI is InChI=1S/C21H21F4N3O4/c1-20(21(2,24)25)9-12(11-4-5-13(22)15(23)16(11)31-3)17(32-20)19(30)28-10-6-7-27-14(8-10)18(26)29/h4-8,12,17H,9H2,1-3H3,(H2,26,29)(H,27,28,30)/t12-,17-,20-/m1/s1. The molecule has 2 amide bonds. The molecule has 3 rings (SSSR count). The van der Waals surface area contributed by atoms with Crippen molar-refractivity contribution in [3.8, 4) is 5.75 Å². The highest BCUT2D eigenvalue weighted by Crippen LogP contribution is 2.50. The Balaban J connectivity index is 2.01. The number of halogens is 4. The maximum atomic E-state index is 14.4. The van der Waals surface area contributed by atoms with Gasteiger partial charge in [-0.25, -0.2) is 13.2 Å². The van der Waals surface area contributed by atoms with Gasteiger partial charge in [-0.15, -0.1) is 0 Å². The van der Waals surface area contributed by atoms with E-state index in [4.69, 9.17) is 15.2 Å². The van der Waals surface area contributed by atoms with Crippen LogP contribution >= 0.6 is 0 Å². The van der Waals surface area contributed by atoms with Crippen LogP contribution < -0.4 is 15.8 Å². The first-order valence-corrected chi connectivity index (χ1v) is 9.52. The van der Waals surface area contributed by atoms with Gasteiger partial charge in [-0.1, -0.05) is 6.07 Å². The predicted octanol–water partition coefficient (Wildman–Crippen LogP) is 3.39. The average molecular weight is 455 g/mol. The highest BCUT2D eigenvalue weighted by molar-refractivity contribution is 5.97. The second-order valence-electron chi connectivity index (χ2n) is 7.74. The number of aromatic nitrogens is 1. The van der Waals surface area contributed by atoms with Crippen LogP contribution in [0.3, 0.4) is 0 Å². The molecule has 1 aromatic carbocycles. The number of amides is 2. The van der Waals surface area contributed by atoms with Crippen LogP contribution in [-0.4, -0.2) is 41.5 Å². The number of carbonyl (C=O) groups excluding carboxylic acids is 2. The Labute approximate surface area is 180 Å². The van der Waals surface area contributed by atoms with E-state index in [2.05, 4.69) is 10.3 Å². The van der Waals surface area contributed by atoms with E-state index in [1.54, 1.807) is 0 Å². The third kappa shape index (κ3) is 4.24. The molecule has 172 valence electrons. The van der Waals surface area contributed by atoms with Crippen molar-refractivity contribution in [1.82, 2.24) is 4.98 Å². The summed E-state index contributed by atoms with van der Waals surface area (Å²) in [4.78, 5) is 28.1. The van der Waals surface area contributed by atoms with Gasteiger partial charge in [0.1, 0.15) is 17.4 Å². The number of nitrogens with two attached hydrogens (primary N) is 1. The van der Waals surface area contributed by atoms with E-state index in [1.807, 2.05) is 0 Å². The fourth-order valence-electron chi connectivity index (χ4n) is 3.63. The molecule has 0 saturated carbocycles. The zero-order valence-electron chi connectivity index (χ0n) is 17.4. The number of carbonyl (C=O) groups is 2. The Kier molecular flexibility index (Phi) is 6.14. The van der Waals surface area contributed by atoms with Crippen LogP contribution in [0, 0.1) is 11.6 Å². The molecule has 2 aromatic rings. The monoisotopic (exact) mass is 455 g/mol. The summed E-state index contributed by atoms with van der Waals surface area (Å²) in [5.41, 5.74) is 3.10. The van der Waals surface area contributed by atoms with Gasteiger partial charge in [0.25, 0.3) is 17.7 Å². The molecule has 0 bridgehead atoms. The second-order valence-corrected chi connectivity index (χ2v) is 7.74. The molecule has 3 atom stereocenters. The van der Waals surface area contributed by atoms with E-state index < -0.39 is 52.7 Å². The minimum absolute atomic E-state index is 0.00655. The van der Waals surface area contributed by atoms with E-state index in [0.717, 1.165) is 20.1 Å². The Morgan fingerprint density at radius 3 is 2.59 bits per heavy atom. The number of rotatable bonds is 6. The number of hydrogen-bond acceptors (Lipinski definition) is 5. The molecule has 1 aliphatic heterocycles. The van der Waals surface area contributed by atoms with Crippen molar-refractivity contribution in [2.75, 3.05) is 12.4 Å². The van der Waals surface area contributed by atoms with Crippen LogP contribution in [0.2, 0.25) is 0 Å². The van der Waals surface area contributed by atoms with E-state index in [1.165, 1.54) is 24.4 Å². The number of primary amides is 1. The van der Waals surface area contributed by atoms with Gasteiger partial charge in [0.15, 0.2) is 11.6 Å². The van der Waals surface area contributed by atoms with Crippen LogP contribution in [0.25, 0.3) is 0 Å². The van der Waals surface area contributed by atoms with Gasteiger partial charge in [0.2, 0.25) is 5.82 Å². The van der Waals surface area contributed by atoms with Gasteiger partial charge in [-0.3, -0.25) is 14.6 Å². The highest BCUT2D eigenvalue weighted by Gasteiger charge is 2.58. The summed E-state index contributed by atoms with van der Waals surface area (Å²) in [6.45, 7) is 1.78. The van der Waals surface area contributed by atoms with Gasteiger partial charge in [-0.05, 0) is 31.5 Å². The first-order chi connectivity index (χ1) is 14.9. The molecule has 0 radical (unpaired) electrons. The number of nitrogens with zero attached hydrogens (tertiary/aromatic N) is 1. The smallest absolute Gasteiger partial charge is 0.273 e. The third-order valence-corrected chi connectivity index (χ3v) is 5.51. The molecular formula is C21H21F4N3O4. The molecule has 1 aliphatic rings. The van der Waals surface area contributed by atoms with E-state index in [9.17, 15) is 27.2 Å². The van der Waals surface area contributed by atoms with Gasteiger partial charge >= 0.3 is 0 Å². The molecular weight excluding hydrogens is 434 g/mol. The number of ether oxygens (including phenoxy) is 2. The lowest BCUT2D eigenvalue weighted by Crippen LogP contribution is -2.44. The van der Waals surface area contributed by atoms with Crippen molar-refractivity contribution in [3.63, 3.8) is 0 Å². The lowest BCUT2D eigenvalue weighted by Gasteiger charge is -2.30. The fraction of sp³-hybridized carbons (Fsp3) is 0.381. The molecule has 0 spiro atoms. The second kappa shape index (κ2) is 8.38. The van der Waals surface area contributed by atoms with E-state index >= 15 is 0 Å². The van der Waals surface area contributed by atoms with Crippen LogP contribution in [0.1, 0.15) is 42.2 Å². The van der Waals surface area contributed by atoms with Crippen molar-refractivity contribution >= 4 is 17.5 Å². The lowest BCUT2D eigenvalue weighted by molar-refractivity contribution is -0.184. The fourth-order valence-corrected chi connectivity index (χ4v) is 3.63. The molecule has 2 heterocycles. The minimum Gasteiger partial charge on any atom is -0.493 e. The summed E-state index contributed by atoms with van der Waals surface area (Å²) in [5.74, 6) is -9.11.